The topological polar surface area (TPSA) is 151 Å². The summed E-state index contributed by atoms with van der Waals surface area (Å²) in [6, 6.07) is -1.52. The summed E-state index contributed by atoms with van der Waals surface area (Å²) >= 11 is 0. The Balaban J connectivity index is 4.22. The number of rotatable bonds is 12. The standard InChI is InChI=1S/C15H28N4O5/c1-10(2)13(15(24)18-7-8-20)19-14(23)11(16)5-3-4-6-17-12(22)9-21/h8,10-11,13,21H,3-7,9,16H2,1-2H3,(H,17,22)(H,18,24)(H,19,23). The number of carbonyl (C=O) groups excluding carboxylic acids is 4. The van der Waals surface area contributed by atoms with Gasteiger partial charge >= 0.3 is 0 Å². The number of nitrogens with two attached hydrogens (primary N) is 1. The van der Waals surface area contributed by atoms with E-state index >= 15 is 0 Å². The lowest BCUT2D eigenvalue weighted by atomic mass is 10.0. The average molecular weight is 344 g/mol. The first-order valence-corrected chi connectivity index (χ1v) is 7.98. The lowest BCUT2D eigenvalue weighted by molar-refractivity contribution is -0.131. The maximum Gasteiger partial charge on any atom is 0.245 e. The predicted octanol–water partition coefficient (Wildman–Crippen LogP) is -1.95. The first kappa shape index (κ1) is 22.0. The molecule has 2 unspecified atom stereocenters. The molecule has 0 aromatic rings. The molecule has 0 aromatic heterocycles. The van der Waals surface area contributed by atoms with Gasteiger partial charge in [0.25, 0.3) is 0 Å². The van der Waals surface area contributed by atoms with E-state index < -0.39 is 36.4 Å². The summed E-state index contributed by atoms with van der Waals surface area (Å²) < 4.78 is 0. The maximum atomic E-state index is 12.1. The summed E-state index contributed by atoms with van der Waals surface area (Å²) in [4.78, 5) is 45.1. The molecule has 0 aliphatic heterocycles. The highest BCUT2D eigenvalue weighted by molar-refractivity contribution is 5.90. The summed E-state index contributed by atoms with van der Waals surface area (Å²) in [5, 5.41) is 16.1. The van der Waals surface area contributed by atoms with Gasteiger partial charge in [-0.15, -0.1) is 0 Å². The van der Waals surface area contributed by atoms with Crippen molar-refractivity contribution in [3.05, 3.63) is 0 Å². The van der Waals surface area contributed by atoms with Crippen molar-refractivity contribution in [2.75, 3.05) is 19.7 Å². The van der Waals surface area contributed by atoms with Gasteiger partial charge in [-0.25, -0.2) is 0 Å². The molecule has 0 aromatic carbocycles. The molecule has 0 aliphatic carbocycles. The molecule has 0 radical (unpaired) electrons. The van der Waals surface area contributed by atoms with Gasteiger partial charge in [0, 0.05) is 6.54 Å². The molecule has 9 heteroatoms. The van der Waals surface area contributed by atoms with Crippen molar-refractivity contribution in [3.8, 4) is 0 Å². The molecule has 3 amide bonds. The van der Waals surface area contributed by atoms with Crippen LogP contribution in [0.2, 0.25) is 0 Å². The highest BCUT2D eigenvalue weighted by Crippen LogP contribution is 2.04. The van der Waals surface area contributed by atoms with Crippen LogP contribution in [0.15, 0.2) is 0 Å². The van der Waals surface area contributed by atoms with E-state index in [2.05, 4.69) is 16.0 Å². The van der Waals surface area contributed by atoms with Gasteiger partial charge in [0.15, 0.2) is 0 Å². The highest BCUT2D eigenvalue weighted by Gasteiger charge is 2.25. The Morgan fingerprint density at radius 1 is 1.12 bits per heavy atom. The molecule has 0 rings (SSSR count). The second-order valence-corrected chi connectivity index (χ2v) is 5.75. The summed E-state index contributed by atoms with van der Waals surface area (Å²) in [6.07, 6.45) is 2.21. The Bertz CT molecular complexity index is 428. The van der Waals surface area contributed by atoms with Crippen LogP contribution >= 0.6 is 0 Å². The van der Waals surface area contributed by atoms with E-state index in [4.69, 9.17) is 10.8 Å². The SMILES string of the molecule is CC(C)C(NC(=O)C(N)CCCCNC(=O)CO)C(=O)NCC=O. The van der Waals surface area contributed by atoms with Crippen molar-refractivity contribution in [1.29, 1.82) is 0 Å². The first-order chi connectivity index (χ1) is 11.3. The smallest absolute Gasteiger partial charge is 0.245 e. The minimum Gasteiger partial charge on any atom is -0.387 e. The van der Waals surface area contributed by atoms with Crippen molar-refractivity contribution in [1.82, 2.24) is 16.0 Å². The third kappa shape index (κ3) is 9.21. The van der Waals surface area contributed by atoms with Crippen molar-refractivity contribution < 1.29 is 24.3 Å². The molecule has 138 valence electrons. The number of hydrogen-bond donors (Lipinski definition) is 5. The van der Waals surface area contributed by atoms with Gasteiger partial charge in [0.1, 0.15) is 18.9 Å². The number of nitrogens with one attached hydrogen (secondary N) is 3. The molecule has 0 aliphatic rings. The molecule has 0 saturated heterocycles. The third-order valence-corrected chi connectivity index (χ3v) is 3.35. The van der Waals surface area contributed by atoms with Crippen molar-refractivity contribution >= 4 is 24.0 Å². The number of aliphatic hydroxyl groups is 1. The van der Waals surface area contributed by atoms with Crippen molar-refractivity contribution in [2.45, 2.75) is 45.2 Å². The fraction of sp³-hybridized carbons (Fsp3) is 0.733. The maximum absolute atomic E-state index is 12.1. The normalized spacial score (nSPS) is 13.0. The molecule has 2 atom stereocenters. The second-order valence-electron chi connectivity index (χ2n) is 5.75. The fourth-order valence-corrected chi connectivity index (χ4v) is 1.95. The molecule has 6 N–H and O–H groups in total. The number of amides is 3. The van der Waals surface area contributed by atoms with Gasteiger partial charge < -0.3 is 31.6 Å². The summed E-state index contributed by atoms with van der Waals surface area (Å²) in [5.74, 6) is -1.46. The van der Waals surface area contributed by atoms with Gasteiger partial charge in [0.05, 0.1) is 12.6 Å². The fourth-order valence-electron chi connectivity index (χ4n) is 1.95. The van der Waals surface area contributed by atoms with Crippen LogP contribution in [0.3, 0.4) is 0 Å². The average Bonchev–Trinajstić information content (AvgIpc) is 2.55. The predicted molar refractivity (Wildman–Crippen MR) is 87.8 cm³/mol. The van der Waals surface area contributed by atoms with E-state index in [1.807, 2.05) is 0 Å². The Kier molecular flexibility index (Phi) is 11.4. The van der Waals surface area contributed by atoms with Crippen LogP contribution in [-0.2, 0) is 19.2 Å². The Labute approximate surface area is 141 Å². The Morgan fingerprint density at radius 3 is 2.33 bits per heavy atom. The molecule has 0 spiro atoms. The molecular weight excluding hydrogens is 316 g/mol. The van der Waals surface area contributed by atoms with Crippen LogP contribution in [-0.4, -0.2) is 60.9 Å². The number of carbonyl (C=O) groups is 4. The molecule has 24 heavy (non-hydrogen) atoms. The van der Waals surface area contributed by atoms with Crippen LogP contribution in [0, 0.1) is 5.92 Å². The summed E-state index contributed by atoms with van der Waals surface area (Å²) in [5.41, 5.74) is 5.81. The van der Waals surface area contributed by atoms with E-state index in [9.17, 15) is 19.2 Å². The molecule has 0 bridgehead atoms. The van der Waals surface area contributed by atoms with Crippen LogP contribution in [0.1, 0.15) is 33.1 Å². The number of hydrogen-bond acceptors (Lipinski definition) is 6. The van der Waals surface area contributed by atoms with Crippen LogP contribution in [0.5, 0.6) is 0 Å². The molecule has 0 heterocycles. The number of aldehydes is 1. The Morgan fingerprint density at radius 2 is 1.79 bits per heavy atom. The third-order valence-electron chi connectivity index (χ3n) is 3.35. The first-order valence-electron chi connectivity index (χ1n) is 7.98. The molecule has 9 nitrogen and oxygen atoms in total. The van der Waals surface area contributed by atoms with E-state index in [0.717, 1.165) is 0 Å². The van der Waals surface area contributed by atoms with Crippen LogP contribution in [0.4, 0.5) is 0 Å². The van der Waals surface area contributed by atoms with Crippen molar-refractivity contribution in [3.63, 3.8) is 0 Å². The zero-order valence-electron chi connectivity index (χ0n) is 14.2. The van der Waals surface area contributed by atoms with E-state index in [-0.39, 0.29) is 12.5 Å². The largest absolute Gasteiger partial charge is 0.387 e. The van der Waals surface area contributed by atoms with Crippen LogP contribution in [0.25, 0.3) is 0 Å². The van der Waals surface area contributed by atoms with E-state index in [1.165, 1.54) is 0 Å². The molecule has 0 fully saturated rings. The van der Waals surface area contributed by atoms with Gasteiger partial charge in [-0.3, -0.25) is 14.4 Å². The lowest BCUT2D eigenvalue weighted by Gasteiger charge is -2.23. The minimum absolute atomic E-state index is 0.108. The van der Waals surface area contributed by atoms with Crippen molar-refractivity contribution in [2.24, 2.45) is 11.7 Å². The molecule has 0 saturated carbocycles. The minimum atomic E-state index is -0.765. The van der Waals surface area contributed by atoms with Gasteiger partial charge in [0.2, 0.25) is 17.7 Å². The monoisotopic (exact) mass is 344 g/mol. The van der Waals surface area contributed by atoms with Gasteiger partial charge in [-0.05, 0) is 25.2 Å². The zero-order valence-corrected chi connectivity index (χ0v) is 14.2. The lowest BCUT2D eigenvalue weighted by Crippen LogP contribution is -2.54. The highest BCUT2D eigenvalue weighted by atomic mass is 16.3. The van der Waals surface area contributed by atoms with Gasteiger partial charge in [-0.2, -0.15) is 0 Å². The van der Waals surface area contributed by atoms with E-state index in [1.54, 1.807) is 13.8 Å². The number of aliphatic hydroxyl groups excluding tert-OH is 1. The van der Waals surface area contributed by atoms with Gasteiger partial charge in [-0.1, -0.05) is 13.8 Å². The number of unbranched alkanes of at least 4 members (excludes halogenated alkanes) is 1. The quantitative estimate of drug-likeness (QED) is 0.205. The van der Waals surface area contributed by atoms with Crippen LogP contribution < -0.4 is 21.7 Å². The Hall–Kier alpha value is -2.00. The molecular formula is C15H28N4O5. The summed E-state index contributed by atoms with van der Waals surface area (Å²) in [6.45, 7) is 3.30. The van der Waals surface area contributed by atoms with E-state index in [0.29, 0.717) is 32.1 Å². The second kappa shape index (κ2) is 12.4. The summed E-state index contributed by atoms with van der Waals surface area (Å²) in [7, 11) is 0. The zero-order chi connectivity index (χ0) is 18.5.